The van der Waals surface area contributed by atoms with Gasteiger partial charge in [0.1, 0.15) is 0 Å². The molecule has 3 heteroatoms. The molecule has 1 N–H and O–H groups in total. The van der Waals surface area contributed by atoms with Gasteiger partial charge in [-0.15, -0.1) is 0 Å². The van der Waals surface area contributed by atoms with E-state index in [0.717, 1.165) is 13.1 Å². The van der Waals surface area contributed by atoms with Crippen molar-refractivity contribution >= 4 is 0 Å². The molecular weight excluding hydrogens is 234 g/mol. The molecule has 2 unspecified atom stereocenters. The predicted octanol–water partition coefficient (Wildman–Crippen LogP) is 1.51. The van der Waals surface area contributed by atoms with E-state index in [1.165, 1.54) is 37.2 Å². The van der Waals surface area contributed by atoms with E-state index in [-0.39, 0.29) is 0 Å². The minimum absolute atomic E-state index is 0.510. The highest BCUT2D eigenvalue weighted by molar-refractivity contribution is 5.32. The molecule has 1 aromatic rings. The van der Waals surface area contributed by atoms with Crippen molar-refractivity contribution in [2.24, 2.45) is 0 Å². The summed E-state index contributed by atoms with van der Waals surface area (Å²) >= 11 is 0. The van der Waals surface area contributed by atoms with Crippen LogP contribution in [0.2, 0.25) is 0 Å². The largest absolute Gasteiger partial charge is 0.309 e. The Hall–Kier alpha value is -0.900. The number of likely N-dealkylation sites (N-methyl/N-ethyl adjacent to an activating group) is 1. The maximum absolute atomic E-state index is 3.70. The van der Waals surface area contributed by atoms with Crippen LogP contribution in [-0.4, -0.2) is 55.6 Å². The van der Waals surface area contributed by atoms with Gasteiger partial charge in [0.05, 0.1) is 0 Å². The fourth-order valence-corrected chi connectivity index (χ4v) is 3.44. The summed E-state index contributed by atoms with van der Waals surface area (Å²) in [5.74, 6) is 0. The van der Waals surface area contributed by atoms with Gasteiger partial charge in [0, 0.05) is 38.3 Å². The van der Waals surface area contributed by atoms with Crippen LogP contribution in [0.5, 0.6) is 0 Å². The molecule has 0 spiro atoms. The van der Waals surface area contributed by atoms with Crippen LogP contribution < -0.4 is 5.32 Å². The van der Waals surface area contributed by atoms with Gasteiger partial charge in [-0.1, -0.05) is 24.3 Å². The molecule has 0 bridgehead atoms. The van der Waals surface area contributed by atoms with Gasteiger partial charge in [-0.25, -0.2) is 0 Å². The van der Waals surface area contributed by atoms with Crippen LogP contribution in [-0.2, 0) is 6.42 Å². The van der Waals surface area contributed by atoms with E-state index in [1.54, 1.807) is 0 Å². The molecule has 3 rings (SSSR count). The lowest BCUT2D eigenvalue weighted by Crippen LogP contribution is -2.53. The lowest BCUT2D eigenvalue weighted by atomic mass is 9.93. The predicted molar refractivity (Wildman–Crippen MR) is 79.4 cm³/mol. The zero-order valence-corrected chi connectivity index (χ0v) is 12.1. The summed E-state index contributed by atoms with van der Waals surface area (Å²) in [5.41, 5.74) is 3.05. The molecule has 0 aliphatic carbocycles. The molecule has 0 saturated carbocycles. The van der Waals surface area contributed by atoms with E-state index >= 15 is 0 Å². The fourth-order valence-electron chi connectivity index (χ4n) is 3.44. The first-order chi connectivity index (χ1) is 9.24. The molecule has 2 aliphatic rings. The zero-order valence-electron chi connectivity index (χ0n) is 12.1. The highest BCUT2D eigenvalue weighted by Crippen LogP contribution is 2.24. The van der Waals surface area contributed by atoms with Crippen LogP contribution >= 0.6 is 0 Å². The van der Waals surface area contributed by atoms with Crippen LogP contribution in [0.4, 0.5) is 0 Å². The van der Waals surface area contributed by atoms with Crippen molar-refractivity contribution in [3.05, 3.63) is 35.4 Å². The summed E-state index contributed by atoms with van der Waals surface area (Å²) in [7, 11) is 2.22. The van der Waals surface area contributed by atoms with E-state index in [0.29, 0.717) is 12.1 Å². The maximum Gasteiger partial charge on any atom is 0.0452 e. The van der Waals surface area contributed by atoms with E-state index in [4.69, 9.17) is 0 Å². The summed E-state index contributed by atoms with van der Waals surface area (Å²) in [5, 5.41) is 3.70. The summed E-state index contributed by atoms with van der Waals surface area (Å²) in [4.78, 5) is 5.07. The van der Waals surface area contributed by atoms with Gasteiger partial charge in [-0.05, 0) is 38.1 Å². The highest BCUT2D eigenvalue weighted by atomic mass is 15.3. The second-order valence-corrected chi connectivity index (χ2v) is 6.06. The number of rotatable bonds is 2. The fraction of sp³-hybridized carbons (Fsp3) is 0.625. The van der Waals surface area contributed by atoms with Crippen LogP contribution in [0.15, 0.2) is 24.3 Å². The summed E-state index contributed by atoms with van der Waals surface area (Å²) in [6, 6.07) is 10.1. The molecule has 2 aliphatic heterocycles. The van der Waals surface area contributed by atoms with E-state index in [1.807, 2.05) is 0 Å². The standard InChI is InChI=1S/C16H25N3/c1-13-11-18(2)9-10-19(13)12-16-15-6-4-3-5-14(15)7-8-17-16/h3-6,13,16-17H,7-12H2,1-2H3. The first kappa shape index (κ1) is 13.1. The van der Waals surface area contributed by atoms with Crippen molar-refractivity contribution < 1.29 is 0 Å². The normalized spacial score (nSPS) is 29.2. The first-order valence-corrected chi connectivity index (χ1v) is 7.48. The summed E-state index contributed by atoms with van der Waals surface area (Å²) in [6.07, 6.45) is 1.17. The Morgan fingerprint density at radius 1 is 1.26 bits per heavy atom. The van der Waals surface area contributed by atoms with E-state index < -0.39 is 0 Å². The first-order valence-electron chi connectivity index (χ1n) is 7.48. The molecule has 2 atom stereocenters. The average Bonchev–Trinajstić information content (AvgIpc) is 2.42. The average molecular weight is 259 g/mol. The smallest absolute Gasteiger partial charge is 0.0452 e. The quantitative estimate of drug-likeness (QED) is 0.868. The van der Waals surface area contributed by atoms with Gasteiger partial charge in [-0.2, -0.15) is 0 Å². The van der Waals surface area contributed by atoms with Crippen molar-refractivity contribution in [1.29, 1.82) is 0 Å². The second-order valence-electron chi connectivity index (χ2n) is 6.06. The van der Waals surface area contributed by atoms with Crippen molar-refractivity contribution in [2.75, 3.05) is 39.8 Å². The van der Waals surface area contributed by atoms with Gasteiger partial charge in [-0.3, -0.25) is 4.90 Å². The maximum atomic E-state index is 3.70. The Bertz CT molecular complexity index is 432. The van der Waals surface area contributed by atoms with Crippen molar-refractivity contribution in [2.45, 2.75) is 25.4 Å². The van der Waals surface area contributed by atoms with E-state index in [9.17, 15) is 0 Å². The van der Waals surface area contributed by atoms with E-state index in [2.05, 4.69) is 53.4 Å². The topological polar surface area (TPSA) is 18.5 Å². The van der Waals surface area contributed by atoms with Gasteiger partial charge < -0.3 is 10.2 Å². The number of nitrogens with zero attached hydrogens (tertiary/aromatic N) is 2. The number of hydrogen-bond acceptors (Lipinski definition) is 3. The Morgan fingerprint density at radius 2 is 2.11 bits per heavy atom. The number of fused-ring (bicyclic) bond motifs is 1. The number of hydrogen-bond donors (Lipinski definition) is 1. The Labute approximate surface area is 116 Å². The molecule has 0 radical (unpaired) electrons. The molecule has 1 aromatic carbocycles. The molecule has 104 valence electrons. The zero-order chi connectivity index (χ0) is 13.2. The Kier molecular flexibility index (Phi) is 3.87. The number of piperazine rings is 1. The molecule has 2 heterocycles. The van der Waals surface area contributed by atoms with Gasteiger partial charge in [0.2, 0.25) is 0 Å². The minimum Gasteiger partial charge on any atom is -0.309 e. The van der Waals surface area contributed by atoms with Crippen LogP contribution in [0.3, 0.4) is 0 Å². The monoisotopic (exact) mass is 259 g/mol. The lowest BCUT2D eigenvalue weighted by Gasteiger charge is -2.41. The van der Waals surface area contributed by atoms with Crippen LogP contribution in [0.1, 0.15) is 24.1 Å². The van der Waals surface area contributed by atoms with Crippen molar-refractivity contribution in [3.63, 3.8) is 0 Å². The molecule has 0 amide bonds. The van der Waals surface area contributed by atoms with Gasteiger partial charge in [0.25, 0.3) is 0 Å². The molecule has 3 nitrogen and oxygen atoms in total. The van der Waals surface area contributed by atoms with Gasteiger partial charge >= 0.3 is 0 Å². The molecule has 19 heavy (non-hydrogen) atoms. The molecule has 0 aromatic heterocycles. The molecule has 1 saturated heterocycles. The highest BCUT2D eigenvalue weighted by Gasteiger charge is 2.26. The van der Waals surface area contributed by atoms with Crippen LogP contribution in [0.25, 0.3) is 0 Å². The van der Waals surface area contributed by atoms with Crippen molar-refractivity contribution in [3.8, 4) is 0 Å². The molecule has 1 fully saturated rings. The number of nitrogens with one attached hydrogen (secondary N) is 1. The van der Waals surface area contributed by atoms with Crippen molar-refractivity contribution in [1.82, 2.24) is 15.1 Å². The summed E-state index contributed by atoms with van der Waals surface area (Å²) in [6.45, 7) is 8.19. The minimum atomic E-state index is 0.510. The Morgan fingerprint density at radius 3 is 2.95 bits per heavy atom. The van der Waals surface area contributed by atoms with Crippen LogP contribution in [0, 0.1) is 0 Å². The molecular formula is C16H25N3. The third-order valence-electron chi connectivity index (χ3n) is 4.60. The SMILES string of the molecule is CC1CN(C)CCN1CC1NCCc2ccccc21. The lowest BCUT2D eigenvalue weighted by molar-refractivity contribution is 0.0896. The Balaban J connectivity index is 1.71. The van der Waals surface area contributed by atoms with Gasteiger partial charge in [0.15, 0.2) is 0 Å². The second kappa shape index (κ2) is 5.61. The third kappa shape index (κ3) is 2.83. The third-order valence-corrected chi connectivity index (χ3v) is 4.60. The number of benzene rings is 1. The summed E-state index contributed by atoms with van der Waals surface area (Å²) < 4.78 is 0.